The normalized spacial score (nSPS) is 21.6. The van der Waals surface area contributed by atoms with Crippen molar-refractivity contribution in [2.45, 2.75) is 44.8 Å². The highest BCUT2D eigenvalue weighted by atomic mass is 16.3. The second kappa shape index (κ2) is 8.34. The highest BCUT2D eigenvalue weighted by Crippen LogP contribution is 2.41. The van der Waals surface area contributed by atoms with E-state index in [-0.39, 0.29) is 6.04 Å². The van der Waals surface area contributed by atoms with Gasteiger partial charge < -0.3 is 10.4 Å². The molecule has 3 heteroatoms. The fourth-order valence-corrected chi connectivity index (χ4v) is 4.77. The van der Waals surface area contributed by atoms with Crippen LogP contribution in [0.1, 0.15) is 43.9 Å². The fraction of sp³-hybridized carbons (Fsp3) is 0.360. The van der Waals surface area contributed by atoms with E-state index in [0.717, 1.165) is 36.9 Å². The lowest BCUT2D eigenvalue weighted by Gasteiger charge is -2.46. The molecule has 3 aromatic carbocycles. The van der Waals surface area contributed by atoms with Gasteiger partial charge in [-0.1, -0.05) is 74.0 Å². The van der Waals surface area contributed by atoms with Crippen LogP contribution in [0.15, 0.2) is 66.7 Å². The molecule has 3 nitrogen and oxygen atoms in total. The Bertz CT molecular complexity index is 922. The molecule has 1 heterocycles. The molecule has 1 aliphatic rings. The molecule has 0 spiro atoms. The van der Waals surface area contributed by atoms with Gasteiger partial charge in [-0.25, -0.2) is 0 Å². The van der Waals surface area contributed by atoms with Crippen LogP contribution in [0.4, 0.5) is 0 Å². The monoisotopic (exact) mass is 374 g/mol. The van der Waals surface area contributed by atoms with Gasteiger partial charge in [0.1, 0.15) is 5.75 Å². The zero-order valence-electron chi connectivity index (χ0n) is 16.8. The number of phenols is 1. The fourth-order valence-electron chi connectivity index (χ4n) is 4.77. The molecule has 1 saturated heterocycles. The van der Waals surface area contributed by atoms with E-state index in [4.69, 9.17) is 0 Å². The first-order valence-electron chi connectivity index (χ1n) is 10.4. The van der Waals surface area contributed by atoms with Gasteiger partial charge in [0.2, 0.25) is 0 Å². The van der Waals surface area contributed by atoms with E-state index in [2.05, 4.69) is 78.7 Å². The summed E-state index contributed by atoms with van der Waals surface area (Å²) in [5, 5.41) is 16.9. The summed E-state index contributed by atoms with van der Waals surface area (Å²) in [6.07, 6.45) is 2.30. The Labute approximate surface area is 168 Å². The topological polar surface area (TPSA) is 35.5 Å². The number of fused-ring (bicyclic) bond motifs is 1. The molecule has 146 valence electrons. The summed E-state index contributed by atoms with van der Waals surface area (Å²) in [4.78, 5) is 2.64. The van der Waals surface area contributed by atoms with Gasteiger partial charge in [0.15, 0.2) is 0 Å². The molecule has 0 bridgehead atoms. The molecule has 0 saturated carbocycles. The minimum atomic E-state index is 0.0287. The van der Waals surface area contributed by atoms with Crippen molar-refractivity contribution >= 4 is 10.8 Å². The van der Waals surface area contributed by atoms with E-state index >= 15 is 0 Å². The average Bonchev–Trinajstić information content (AvgIpc) is 2.72. The number of phenolic OH excluding ortho intramolecular Hbond substituents is 1. The van der Waals surface area contributed by atoms with Crippen LogP contribution in [0.3, 0.4) is 0 Å². The maximum Gasteiger partial charge on any atom is 0.121 e. The zero-order valence-corrected chi connectivity index (χ0v) is 16.8. The minimum absolute atomic E-state index is 0.0287. The zero-order chi connectivity index (χ0) is 19.5. The first kappa shape index (κ1) is 19.0. The Kier molecular flexibility index (Phi) is 5.65. The molecule has 0 amide bonds. The highest BCUT2D eigenvalue weighted by molar-refractivity contribution is 5.88. The van der Waals surface area contributed by atoms with Crippen molar-refractivity contribution in [1.29, 1.82) is 0 Å². The van der Waals surface area contributed by atoms with E-state index in [1.807, 2.05) is 12.1 Å². The second-order valence-corrected chi connectivity index (χ2v) is 7.93. The van der Waals surface area contributed by atoms with E-state index in [1.54, 1.807) is 0 Å². The van der Waals surface area contributed by atoms with E-state index < -0.39 is 0 Å². The lowest BCUT2D eigenvalue weighted by molar-refractivity contribution is 0.0678. The molecule has 0 unspecified atom stereocenters. The van der Waals surface area contributed by atoms with Crippen molar-refractivity contribution in [1.82, 2.24) is 10.2 Å². The van der Waals surface area contributed by atoms with Crippen molar-refractivity contribution in [3.63, 3.8) is 0 Å². The molecule has 0 aliphatic carbocycles. The highest BCUT2D eigenvalue weighted by Gasteiger charge is 2.36. The van der Waals surface area contributed by atoms with E-state index in [0.29, 0.717) is 17.8 Å². The Morgan fingerprint density at radius 3 is 2.54 bits per heavy atom. The maximum absolute atomic E-state index is 11.0. The number of hydrogen-bond acceptors (Lipinski definition) is 3. The van der Waals surface area contributed by atoms with Crippen molar-refractivity contribution in [2.75, 3.05) is 13.1 Å². The first-order valence-corrected chi connectivity index (χ1v) is 10.4. The third kappa shape index (κ3) is 3.52. The second-order valence-electron chi connectivity index (χ2n) is 7.93. The number of benzene rings is 3. The van der Waals surface area contributed by atoms with Gasteiger partial charge in [0, 0.05) is 30.7 Å². The van der Waals surface area contributed by atoms with Crippen molar-refractivity contribution < 1.29 is 5.11 Å². The van der Waals surface area contributed by atoms with Crippen LogP contribution in [0.25, 0.3) is 10.8 Å². The van der Waals surface area contributed by atoms with E-state index in [9.17, 15) is 5.11 Å². The minimum Gasteiger partial charge on any atom is -0.508 e. The van der Waals surface area contributed by atoms with Crippen LogP contribution >= 0.6 is 0 Å². The van der Waals surface area contributed by atoms with Crippen LogP contribution < -0.4 is 5.32 Å². The summed E-state index contributed by atoms with van der Waals surface area (Å²) in [7, 11) is 0. The van der Waals surface area contributed by atoms with Crippen LogP contribution in [0.5, 0.6) is 5.75 Å². The average molecular weight is 375 g/mol. The van der Waals surface area contributed by atoms with Crippen LogP contribution in [-0.2, 0) is 0 Å². The van der Waals surface area contributed by atoms with Crippen LogP contribution in [-0.4, -0.2) is 35.2 Å². The van der Waals surface area contributed by atoms with Gasteiger partial charge >= 0.3 is 0 Å². The summed E-state index contributed by atoms with van der Waals surface area (Å²) >= 11 is 0. The summed E-state index contributed by atoms with van der Waals surface area (Å²) in [5.41, 5.74) is 2.27. The quantitative estimate of drug-likeness (QED) is 0.652. The van der Waals surface area contributed by atoms with Crippen LogP contribution in [0.2, 0.25) is 0 Å². The molecule has 1 fully saturated rings. The SMILES string of the molecule is CCC[C@@H]1CNC[C@H](C)N1[C@@H](c1ccccc1)c1c(O)ccc2ccccc12. The molecule has 2 N–H and O–H groups in total. The number of aromatic hydroxyl groups is 1. The molecule has 3 atom stereocenters. The molecule has 28 heavy (non-hydrogen) atoms. The molecule has 4 rings (SSSR count). The summed E-state index contributed by atoms with van der Waals surface area (Å²) in [6.45, 7) is 6.51. The van der Waals surface area contributed by atoms with Gasteiger partial charge in [-0.15, -0.1) is 0 Å². The Hall–Kier alpha value is -2.36. The lowest BCUT2D eigenvalue weighted by atomic mass is 9.88. The number of piperazine rings is 1. The Balaban J connectivity index is 1.94. The lowest BCUT2D eigenvalue weighted by Crippen LogP contribution is -2.57. The standard InChI is InChI=1S/C25H30N2O/c1-3-9-21-17-26-16-18(2)27(21)25(20-11-5-4-6-12-20)24-22-13-8-7-10-19(22)14-15-23(24)28/h4-8,10-15,18,21,25-26,28H,3,9,16-17H2,1-2H3/t18-,21+,25-/m0/s1. The molecule has 1 aliphatic heterocycles. The molecule has 0 radical (unpaired) electrons. The van der Waals surface area contributed by atoms with Crippen molar-refractivity contribution in [3.8, 4) is 5.75 Å². The predicted molar refractivity (Wildman–Crippen MR) is 117 cm³/mol. The Morgan fingerprint density at radius 1 is 1.00 bits per heavy atom. The van der Waals surface area contributed by atoms with Gasteiger partial charge in [0.25, 0.3) is 0 Å². The predicted octanol–water partition coefficient (Wildman–Crippen LogP) is 5.10. The van der Waals surface area contributed by atoms with Gasteiger partial charge in [-0.3, -0.25) is 4.90 Å². The summed E-state index contributed by atoms with van der Waals surface area (Å²) in [5.74, 6) is 0.383. The molecule has 3 aromatic rings. The number of nitrogens with one attached hydrogen (secondary N) is 1. The van der Waals surface area contributed by atoms with Crippen molar-refractivity contribution in [2.24, 2.45) is 0 Å². The summed E-state index contributed by atoms with van der Waals surface area (Å²) in [6, 6.07) is 23.8. The van der Waals surface area contributed by atoms with Gasteiger partial charge in [0.05, 0.1) is 6.04 Å². The van der Waals surface area contributed by atoms with E-state index in [1.165, 1.54) is 10.9 Å². The number of rotatable bonds is 5. The third-order valence-corrected chi connectivity index (χ3v) is 6.01. The number of nitrogens with zero attached hydrogens (tertiary/aromatic N) is 1. The van der Waals surface area contributed by atoms with Crippen LogP contribution in [0, 0.1) is 0 Å². The molecule has 0 aromatic heterocycles. The van der Waals surface area contributed by atoms with Gasteiger partial charge in [-0.2, -0.15) is 0 Å². The summed E-state index contributed by atoms with van der Waals surface area (Å²) < 4.78 is 0. The molecular weight excluding hydrogens is 344 g/mol. The van der Waals surface area contributed by atoms with Gasteiger partial charge in [-0.05, 0) is 35.7 Å². The maximum atomic E-state index is 11.0. The molecular formula is C25H30N2O. The first-order chi connectivity index (χ1) is 13.7. The third-order valence-electron chi connectivity index (χ3n) is 6.01. The Morgan fingerprint density at radius 2 is 1.75 bits per heavy atom. The smallest absolute Gasteiger partial charge is 0.121 e. The number of hydrogen-bond donors (Lipinski definition) is 2. The van der Waals surface area contributed by atoms with Crippen molar-refractivity contribution in [3.05, 3.63) is 77.9 Å². The largest absolute Gasteiger partial charge is 0.508 e.